The van der Waals surface area contributed by atoms with Gasteiger partial charge < -0.3 is 16.0 Å². The Morgan fingerprint density at radius 3 is 2.47 bits per heavy atom. The first-order valence-corrected chi connectivity index (χ1v) is 6.76. The SMILES string of the molecule is CC1CCN(CCC(NC(C)C)C(N)=O)CC1. The van der Waals surface area contributed by atoms with Crippen molar-refractivity contribution < 1.29 is 4.79 Å². The number of nitrogens with one attached hydrogen (secondary N) is 1. The molecule has 100 valence electrons. The van der Waals surface area contributed by atoms with Crippen LogP contribution >= 0.6 is 0 Å². The van der Waals surface area contributed by atoms with Gasteiger partial charge in [0.05, 0.1) is 6.04 Å². The zero-order valence-electron chi connectivity index (χ0n) is 11.4. The molecule has 1 saturated heterocycles. The predicted molar refractivity (Wildman–Crippen MR) is 70.7 cm³/mol. The molecule has 3 N–H and O–H groups in total. The number of hydrogen-bond donors (Lipinski definition) is 2. The molecule has 0 aromatic heterocycles. The Hall–Kier alpha value is -0.610. The number of nitrogens with two attached hydrogens (primary N) is 1. The van der Waals surface area contributed by atoms with Gasteiger partial charge in [0.2, 0.25) is 5.91 Å². The lowest BCUT2D eigenvalue weighted by molar-refractivity contribution is -0.120. The van der Waals surface area contributed by atoms with E-state index in [2.05, 4.69) is 17.1 Å². The van der Waals surface area contributed by atoms with Crippen LogP contribution in [0.2, 0.25) is 0 Å². The summed E-state index contributed by atoms with van der Waals surface area (Å²) in [5, 5.41) is 3.23. The van der Waals surface area contributed by atoms with Gasteiger partial charge in [-0.1, -0.05) is 20.8 Å². The molecule has 0 radical (unpaired) electrons. The van der Waals surface area contributed by atoms with Crippen molar-refractivity contribution >= 4 is 5.91 Å². The molecule has 17 heavy (non-hydrogen) atoms. The molecule has 0 spiro atoms. The maximum Gasteiger partial charge on any atom is 0.234 e. The lowest BCUT2D eigenvalue weighted by Crippen LogP contribution is -2.47. The van der Waals surface area contributed by atoms with Crippen LogP contribution in [0.3, 0.4) is 0 Å². The first kappa shape index (κ1) is 14.5. The molecular weight excluding hydrogens is 214 g/mol. The molecule has 0 bridgehead atoms. The van der Waals surface area contributed by atoms with Crippen molar-refractivity contribution in [2.24, 2.45) is 11.7 Å². The van der Waals surface area contributed by atoms with Crippen molar-refractivity contribution in [2.45, 2.75) is 52.1 Å². The molecule has 0 aromatic carbocycles. The van der Waals surface area contributed by atoms with Crippen LogP contribution in [0.25, 0.3) is 0 Å². The largest absolute Gasteiger partial charge is 0.368 e. The average Bonchev–Trinajstić information content (AvgIpc) is 2.25. The normalized spacial score (nSPS) is 20.7. The maximum absolute atomic E-state index is 11.3. The molecule has 4 nitrogen and oxygen atoms in total. The minimum Gasteiger partial charge on any atom is -0.368 e. The second-order valence-corrected chi connectivity index (χ2v) is 5.59. The molecule has 1 unspecified atom stereocenters. The highest BCUT2D eigenvalue weighted by molar-refractivity contribution is 5.79. The maximum atomic E-state index is 11.3. The van der Waals surface area contributed by atoms with E-state index in [-0.39, 0.29) is 11.9 Å². The summed E-state index contributed by atoms with van der Waals surface area (Å²) in [6, 6.07) is 0.114. The molecule has 4 heteroatoms. The summed E-state index contributed by atoms with van der Waals surface area (Å²) in [7, 11) is 0. The third-order valence-corrected chi connectivity index (χ3v) is 3.49. The van der Waals surface area contributed by atoms with Gasteiger partial charge in [-0.05, 0) is 38.3 Å². The van der Waals surface area contributed by atoms with Gasteiger partial charge in [0.15, 0.2) is 0 Å². The lowest BCUT2D eigenvalue weighted by Gasteiger charge is -2.31. The minimum atomic E-state index is -0.232. The van der Waals surface area contributed by atoms with Gasteiger partial charge in [-0.2, -0.15) is 0 Å². The highest BCUT2D eigenvalue weighted by Gasteiger charge is 2.20. The molecule has 0 saturated carbocycles. The standard InChI is InChI=1S/C13H27N3O/c1-10(2)15-12(13(14)17)6-9-16-7-4-11(3)5-8-16/h10-12,15H,4-9H2,1-3H3,(H2,14,17). The second-order valence-electron chi connectivity index (χ2n) is 5.59. The molecule has 0 aliphatic carbocycles. The Labute approximate surface area is 105 Å². The molecular formula is C13H27N3O. The Morgan fingerprint density at radius 1 is 1.41 bits per heavy atom. The van der Waals surface area contributed by atoms with Gasteiger partial charge in [0, 0.05) is 12.6 Å². The molecule has 1 amide bonds. The van der Waals surface area contributed by atoms with Crippen LogP contribution in [0.15, 0.2) is 0 Å². The molecule has 1 heterocycles. The molecule has 1 aliphatic heterocycles. The zero-order chi connectivity index (χ0) is 12.8. The molecule has 1 aliphatic rings. The van der Waals surface area contributed by atoms with Gasteiger partial charge in [-0.3, -0.25) is 4.79 Å². The van der Waals surface area contributed by atoms with E-state index < -0.39 is 0 Å². The van der Waals surface area contributed by atoms with Crippen molar-refractivity contribution in [3.05, 3.63) is 0 Å². The smallest absolute Gasteiger partial charge is 0.234 e. The van der Waals surface area contributed by atoms with E-state index in [4.69, 9.17) is 5.73 Å². The number of rotatable bonds is 6. The van der Waals surface area contributed by atoms with Crippen LogP contribution in [0.1, 0.15) is 40.0 Å². The number of carbonyl (C=O) groups is 1. The summed E-state index contributed by atoms with van der Waals surface area (Å²) in [5.41, 5.74) is 5.40. The number of likely N-dealkylation sites (tertiary alicyclic amines) is 1. The number of nitrogens with zero attached hydrogens (tertiary/aromatic N) is 1. The Kier molecular flexibility index (Phi) is 5.92. The minimum absolute atomic E-state index is 0.186. The van der Waals surface area contributed by atoms with Gasteiger partial charge >= 0.3 is 0 Å². The van der Waals surface area contributed by atoms with E-state index in [0.29, 0.717) is 6.04 Å². The number of amides is 1. The highest BCUT2D eigenvalue weighted by atomic mass is 16.1. The molecule has 1 atom stereocenters. The van der Waals surface area contributed by atoms with E-state index in [9.17, 15) is 4.79 Å². The number of piperidine rings is 1. The van der Waals surface area contributed by atoms with E-state index >= 15 is 0 Å². The van der Waals surface area contributed by atoms with Crippen molar-refractivity contribution in [1.82, 2.24) is 10.2 Å². The highest BCUT2D eigenvalue weighted by Crippen LogP contribution is 2.16. The van der Waals surface area contributed by atoms with Crippen LogP contribution in [-0.4, -0.2) is 42.5 Å². The van der Waals surface area contributed by atoms with Gasteiger partial charge in [-0.25, -0.2) is 0 Å². The van der Waals surface area contributed by atoms with E-state index in [0.717, 1.165) is 32.0 Å². The Balaban J connectivity index is 2.29. The third kappa shape index (κ3) is 5.50. The molecule has 1 fully saturated rings. The van der Waals surface area contributed by atoms with Gasteiger partial charge in [0.1, 0.15) is 0 Å². The summed E-state index contributed by atoms with van der Waals surface area (Å²) < 4.78 is 0. The van der Waals surface area contributed by atoms with E-state index in [1.54, 1.807) is 0 Å². The van der Waals surface area contributed by atoms with Gasteiger partial charge in [-0.15, -0.1) is 0 Å². The Morgan fingerprint density at radius 2 is 2.00 bits per heavy atom. The van der Waals surface area contributed by atoms with Crippen LogP contribution in [0.4, 0.5) is 0 Å². The predicted octanol–water partition coefficient (Wildman–Crippen LogP) is 0.960. The number of hydrogen-bond acceptors (Lipinski definition) is 3. The second kappa shape index (κ2) is 6.97. The van der Waals surface area contributed by atoms with Gasteiger partial charge in [0.25, 0.3) is 0 Å². The first-order valence-electron chi connectivity index (χ1n) is 6.76. The summed E-state index contributed by atoms with van der Waals surface area (Å²) in [5.74, 6) is 0.621. The summed E-state index contributed by atoms with van der Waals surface area (Å²) >= 11 is 0. The zero-order valence-corrected chi connectivity index (χ0v) is 11.4. The monoisotopic (exact) mass is 241 g/mol. The summed E-state index contributed by atoms with van der Waals surface area (Å²) in [6.07, 6.45) is 3.37. The van der Waals surface area contributed by atoms with E-state index in [1.807, 2.05) is 13.8 Å². The average molecular weight is 241 g/mol. The fraction of sp³-hybridized carbons (Fsp3) is 0.923. The number of carbonyl (C=O) groups excluding carboxylic acids is 1. The van der Waals surface area contributed by atoms with Crippen molar-refractivity contribution in [1.29, 1.82) is 0 Å². The quantitative estimate of drug-likeness (QED) is 0.728. The van der Waals surface area contributed by atoms with Crippen molar-refractivity contribution in [2.75, 3.05) is 19.6 Å². The fourth-order valence-corrected chi connectivity index (χ4v) is 2.31. The van der Waals surface area contributed by atoms with Crippen molar-refractivity contribution in [3.63, 3.8) is 0 Å². The van der Waals surface area contributed by atoms with Crippen LogP contribution in [-0.2, 0) is 4.79 Å². The summed E-state index contributed by atoms with van der Waals surface area (Å²) in [6.45, 7) is 9.68. The fourth-order valence-electron chi connectivity index (χ4n) is 2.31. The van der Waals surface area contributed by atoms with Crippen LogP contribution < -0.4 is 11.1 Å². The topological polar surface area (TPSA) is 58.4 Å². The number of primary amides is 1. The third-order valence-electron chi connectivity index (χ3n) is 3.49. The van der Waals surface area contributed by atoms with Crippen molar-refractivity contribution in [3.8, 4) is 0 Å². The Bertz CT molecular complexity index is 235. The lowest BCUT2D eigenvalue weighted by atomic mass is 9.99. The molecule has 1 rings (SSSR count). The molecule has 0 aromatic rings. The summed E-state index contributed by atoms with van der Waals surface area (Å²) in [4.78, 5) is 13.7. The first-order chi connectivity index (χ1) is 7.99. The van der Waals surface area contributed by atoms with Crippen LogP contribution in [0, 0.1) is 5.92 Å². The van der Waals surface area contributed by atoms with E-state index in [1.165, 1.54) is 12.8 Å². The van der Waals surface area contributed by atoms with Crippen LogP contribution in [0.5, 0.6) is 0 Å².